The smallest absolute Gasteiger partial charge is 0.237 e. The highest BCUT2D eigenvalue weighted by atomic mass is 79.9. The monoisotopic (exact) mass is 238 g/mol. The first-order chi connectivity index (χ1) is 6.16. The van der Waals surface area contributed by atoms with E-state index in [2.05, 4.69) is 22.0 Å². The molecule has 1 aromatic heterocycles. The van der Waals surface area contributed by atoms with Gasteiger partial charge in [-0.2, -0.15) is 0 Å². The van der Waals surface area contributed by atoms with E-state index >= 15 is 0 Å². The van der Waals surface area contributed by atoms with E-state index in [1.807, 2.05) is 19.1 Å². The van der Waals surface area contributed by atoms with Gasteiger partial charge in [-0.25, -0.2) is 0 Å². The first-order valence-electron chi connectivity index (χ1n) is 3.97. The maximum absolute atomic E-state index is 9.29. The van der Waals surface area contributed by atoms with Gasteiger partial charge in [0.1, 0.15) is 0 Å². The van der Waals surface area contributed by atoms with Crippen LogP contribution < -0.4 is 4.73 Å². The average Bonchev–Trinajstić information content (AvgIpc) is 2.02. The molecule has 0 amide bonds. The molecule has 0 aliphatic rings. The number of aryl methyl sites for hydroxylation is 1. The summed E-state index contributed by atoms with van der Waals surface area (Å²) in [5.41, 5.74) is 1.19. The molecule has 0 spiro atoms. The molecule has 1 N–H and O–H groups in total. The van der Waals surface area contributed by atoms with Crippen LogP contribution >= 0.6 is 15.9 Å². The first kappa shape index (κ1) is 8.51. The molecule has 0 aliphatic heterocycles. The normalized spacial score (nSPS) is 10.6. The van der Waals surface area contributed by atoms with E-state index in [1.165, 1.54) is 5.56 Å². The van der Waals surface area contributed by atoms with E-state index < -0.39 is 0 Å². The second kappa shape index (κ2) is 3.00. The Morgan fingerprint density at radius 2 is 2.08 bits per heavy atom. The molecule has 0 atom stereocenters. The quantitative estimate of drug-likeness (QED) is 0.554. The Balaban J connectivity index is 2.86. The van der Waals surface area contributed by atoms with Gasteiger partial charge in [0.2, 0.25) is 12.4 Å². The van der Waals surface area contributed by atoms with E-state index in [1.54, 1.807) is 12.4 Å². The van der Waals surface area contributed by atoms with Crippen LogP contribution in [0.4, 0.5) is 0 Å². The first-order valence-corrected chi connectivity index (χ1v) is 4.76. The van der Waals surface area contributed by atoms with Gasteiger partial charge in [0, 0.05) is 10.1 Å². The van der Waals surface area contributed by atoms with Gasteiger partial charge in [-0.3, -0.25) is 5.21 Å². The lowest BCUT2D eigenvalue weighted by Gasteiger charge is -1.98. The summed E-state index contributed by atoms with van der Waals surface area (Å²) in [6, 6.07) is 6.12. The summed E-state index contributed by atoms with van der Waals surface area (Å²) in [5, 5.41) is 11.4. The lowest BCUT2D eigenvalue weighted by molar-refractivity contribution is -0.904. The molecule has 0 bridgehead atoms. The van der Waals surface area contributed by atoms with Crippen molar-refractivity contribution in [1.82, 2.24) is 0 Å². The zero-order valence-corrected chi connectivity index (χ0v) is 8.75. The van der Waals surface area contributed by atoms with Crippen LogP contribution in [0.25, 0.3) is 10.8 Å². The maximum atomic E-state index is 9.29. The Morgan fingerprint density at radius 3 is 2.85 bits per heavy atom. The molecule has 1 aromatic carbocycles. The molecule has 13 heavy (non-hydrogen) atoms. The highest BCUT2D eigenvalue weighted by Gasteiger charge is 2.06. The third-order valence-electron chi connectivity index (χ3n) is 1.98. The number of aromatic nitrogens is 1. The molecule has 0 saturated carbocycles. The molecule has 0 unspecified atom stereocenters. The molecule has 66 valence electrons. The molecule has 2 aromatic rings. The number of hydrogen-bond donors (Lipinski definition) is 1. The van der Waals surface area contributed by atoms with Crippen LogP contribution in [-0.4, -0.2) is 5.21 Å². The highest BCUT2D eigenvalue weighted by Crippen LogP contribution is 2.22. The Kier molecular flexibility index (Phi) is 1.96. The van der Waals surface area contributed by atoms with Gasteiger partial charge in [-0.1, -0.05) is 17.7 Å². The topological polar surface area (TPSA) is 24.1 Å². The molecule has 1 heterocycles. The van der Waals surface area contributed by atoms with E-state index in [0.717, 1.165) is 20.0 Å². The fourth-order valence-corrected chi connectivity index (χ4v) is 1.94. The van der Waals surface area contributed by atoms with Crippen LogP contribution in [0.15, 0.2) is 35.1 Å². The van der Waals surface area contributed by atoms with Crippen molar-refractivity contribution >= 4 is 26.7 Å². The summed E-state index contributed by atoms with van der Waals surface area (Å²) in [7, 11) is 0. The molecule has 0 radical (unpaired) electrons. The van der Waals surface area contributed by atoms with Gasteiger partial charge in [0.25, 0.3) is 0 Å². The summed E-state index contributed by atoms with van der Waals surface area (Å²) < 4.78 is 1.96. The van der Waals surface area contributed by atoms with Crippen molar-refractivity contribution in [2.24, 2.45) is 0 Å². The minimum Gasteiger partial charge on any atom is -0.285 e. The molecule has 0 aliphatic carbocycles. The van der Waals surface area contributed by atoms with E-state index in [9.17, 15) is 5.21 Å². The molecule has 2 nitrogen and oxygen atoms in total. The predicted molar refractivity (Wildman–Crippen MR) is 53.8 cm³/mol. The number of hydrogen-bond acceptors (Lipinski definition) is 1. The van der Waals surface area contributed by atoms with Crippen molar-refractivity contribution in [2.75, 3.05) is 0 Å². The number of pyridine rings is 1. The minimum absolute atomic E-state index is 0.896. The highest BCUT2D eigenvalue weighted by molar-refractivity contribution is 9.10. The molecule has 2 rings (SSSR count). The van der Waals surface area contributed by atoms with Crippen molar-refractivity contribution < 1.29 is 9.94 Å². The standard InChI is InChI=1S/C10H9BrNO/c1-7-2-3-9-8(4-7)5-12(13)6-10(9)11/h2-6,13H,1H3/q+1. The number of rotatable bonds is 0. The fourth-order valence-electron chi connectivity index (χ4n) is 1.37. The summed E-state index contributed by atoms with van der Waals surface area (Å²) in [6.45, 7) is 2.03. The van der Waals surface area contributed by atoms with E-state index in [0.29, 0.717) is 0 Å². The van der Waals surface area contributed by atoms with E-state index in [-0.39, 0.29) is 0 Å². The van der Waals surface area contributed by atoms with Crippen LogP contribution in [0.5, 0.6) is 0 Å². The van der Waals surface area contributed by atoms with Crippen LogP contribution in [0, 0.1) is 6.92 Å². The summed E-state index contributed by atoms with van der Waals surface area (Å²) in [5.74, 6) is 0. The van der Waals surface area contributed by atoms with Gasteiger partial charge in [0.15, 0.2) is 0 Å². The average molecular weight is 239 g/mol. The second-order valence-corrected chi connectivity index (χ2v) is 3.93. The maximum Gasteiger partial charge on any atom is 0.237 e. The molecular formula is C10H9BrNO+. The summed E-state index contributed by atoms with van der Waals surface area (Å²) in [4.78, 5) is 0. The Morgan fingerprint density at radius 1 is 1.31 bits per heavy atom. The van der Waals surface area contributed by atoms with Crippen LogP contribution in [-0.2, 0) is 0 Å². The zero-order valence-electron chi connectivity index (χ0n) is 7.16. The van der Waals surface area contributed by atoms with E-state index in [4.69, 9.17) is 0 Å². The van der Waals surface area contributed by atoms with Gasteiger partial charge in [-0.15, -0.1) is 0 Å². The zero-order chi connectivity index (χ0) is 9.42. The molecule has 0 saturated heterocycles. The Bertz CT molecular complexity index is 462. The van der Waals surface area contributed by atoms with Crippen LogP contribution in [0.1, 0.15) is 5.56 Å². The molecule has 3 heteroatoms. The van der Waals surface area contributed by atoms with Crippen molar-refractivity contribution in [1.29, 1.82) is 0 Å². The van der Waals surface area contributed by atoms with Gasteiger partial charge in [0.05, 0.1) is 9.86 Å². The molecule has 0 fully saturated rings. The lowest BCUT2D eigenvalue weighted by atomic mass is 10.1. The summed E-state index contributed by atoms with van der Waals surface area (Å²) >= 11 is 3.39. The van der Waals surface area contributed by atoms with Gasteiger partial charge in [-0.05, 0) is 28.9 Å². The Labute approximate surface area is 84.5 Å². The molecular weight excluding hydrogens is 230 g/mol. The third kappa shape index (κ3) is 1.52. The fraction of sp³-hybridized carbons (Fsp3) is 0.100. The Hall–Kier alpha value is -1.09. The number of nitrogens with zero attached hydrogens (tertiary/aromatic N) is 1. The van der Waals surface area contributed by atoms with Crippen LogP contribution in [0.3, 0.4) is 0 Å². The number of halogens is 1. The SMILES string of the molecule is Cc1ccc2c(Br)c[n+](O)cc2c1. The number of fused-ring (bicyclic) bond motifs is 1. The van der Waals surface area contributed by atoms with Crippen molar-refractivity contribution in [2.45, 2.75) is 6.92 Å². The van der Waals surface area contributed by atoms with Crippen molar-refractivity contribution in [3.05, 3.63) is 40.6 Å². The van der Waals surface area contributed by atoms with Crippen LogP contribution in [0.2, 0.25) is 0 Å². The van der Waals surface area contributed by atoms with Gasteiger partial charge < -0.3 is 0 Å². The lowest BCUT2D eigenvalue weighted by Crippen LogP contribution is -2.28. The minimum atomic E-state index is 0.896. The summed E-state index contributed by atoms with van der Waals surface area (Å²) in [6.07, 6.45) is 3.31. The third-order valence-corrected chi connectivity index (χ3v) is 2.61. The van der Waals surface area contributed by atoms with Crippen molar-refractivity contribution in [3.63, 3.8) is 0 Å². The number of benzene rings is 1. The van der Waals surface area contributed by atoms with Crippen molar-refractivity contribution in [3.8, 4) is 0 Å². The van der Waals surface area contributed by atoms with Gasteiger partial charge >= 0.3 is 0 Å². The largest absolute Gasteiger partial charge is 0.285 e. The predicted octanol–water partition coefficient (Wildman–Crippen LogP) is 2.44. The second-order valence-electron chi connectivity index (χ2n) is 3.08.